The first kappa shape index (κ1) is 24.4. The van der Waals surface area contributed by atoms with Crippen molar-refractivity contribution >= 4 is 18.3 Å². The molecule has 160 valence electrons. The molecular formula is C21H35ClN2O4. The summed E-state index contributed by atoms with van der Waals surface area (Å²) in [6.45, 7) is 7.59. The van der Waals surface area contributed by atoms with Crippen LogP contribution in [-0.4, -0.2) is 38.3 Å². The minimum Gasteiger partial charge on any atom is -0.490 e. The van der Waals surface area contributed by atoms with E-state index in [9.17, 15) is 4.79 Å². The van der Waals surface area contributed by atoms with Gasteiger partial charge in [-0.1, -0.05) is 19.3 Å². The maximum Gasteiger partial charge on any atom is 0.251 e. The van der Waals surface area contributed by atoms with Crippen LogP contribution in [0.2, 0.25) is 0 Å². The van der Waals surface area contributed by atoms with E-state index in [0.29, 0.717) is 55.1 Å². The number of halogens is 1. The van der Waals surface area contributed by atoms with Gasteiger partial charge in [0.15, 0.2) is 11.5 Å². The SMILES string of the molecule is CCOc1cc(C(=O)NC(CN)C2CCCCC2)cc(OCC)c1OCC.Cl. The molecule has 1 atom stereocenters. The molecule has 1 aliphatic rings. The molecule has 1 aromatic rings. The number of ether oxygens (including phenoxy) is 3. The minimum atomic E-state index is -0.152. The quantitative estimate of drug-likeness (QED) is 0.605. The highest BCUT2D eigenvalue weighted by molar-refractivity contribution is 5.95. The average Bonchev–Trinajstić information content (AvgIpc) is 2.69. The number of hydrogen-bond acceptors (Lipinski definition) is 5. The van der Waals surface area contributed by atoms with E-state index in [1.165, 1.54) is 19.3 Å². The Labute approximate surface area is 174 Å². The van der Waals surface area contributed by atoms with Crippen LogP contribution in [0.3, 0.4) is 0 Å². The van der Waals surface area contributed by atoms with Crippen molar-refractivity contribution in [3.8, 4) is 17.2 Å². The van der Waals surface area contributed by atoms with Crippen molar-refractivity contribution in [2.45, 2.75) is 58.9 Å². The molecule has 2 rings (SSSR count). The zero-order chi connectivity index (χ0) is 19.6. The van der Waals surface area contributed by atoms with Crippen molar-refractivity contribution < 1.29 is 19.0 Å². The molecule has 0 aliphatic heterocycles. The Morgan fingerprint density at radius 1 is 1.04 bits per heavy atom. The second-order valence-corrected chi connectivity index (χ2v) is 6.81. The monoisotopic (exact) mass is 414 g/mol. The molecule has 1 aromatic carbocycles. The predicted molar refractivity (Wildman–Crippen MR) is 114 cm³/mol. The van der Waals surface area contributed by atoms with Gasteiger partial charge in [-0.15, -0.1) is 12.4 Å². The predicted octanol–water partition coefficient (Wildman–Crippen LogP) is 3.94. The van der Waals surface area contributed by atoms with Gasteiger partial charge in [-0.3, -0.25) is 4.79 Å². The molecule has 6 nitrogen and oxygen atoms in total. The van der Waals surface area contributed by atoms with E-state index in [1.54, 1.807) is 12.1 Å². The molecule has 0 heterocycles. The lowest BCUT2D eigenvalue weighted by atomic mass is 9.84. The average molecular weight is 415 g/mol. The highest BCUT2D eigenvalue weighted by Gasteiger charge is 2.25. The first-order valence-corrected chi connectivity index (χ1v) is 10.2. The largest absolute Gasteiger partial charge is 0.490 e. The number of rotatable bonds is 10. The van der Waals surface area contributed by atoms with Crippen molar-refractivity contribution in [1.29, 1.82) is 0 Å². The van der Waals surface area contributed by atoms with Gasteiger partial charge in [-0.2, -0.15) is 0 Å². The van der Waals surface area contributed by atoms with Gasteiger partial charge in [-0.05, 0) is 51.7 Å². The summed E-state index contributed by atoms with van der Waals surface area (Å²) in [5, 5.41) is 3.13. The number of hydrogen-bond donors (Lipinski definition) is 2. The number of carbonyl (C=O) groups is 1. The number of amides is 1. The van der Waals surface area contributed by atoms with Crippen LogP contribution in [0.1, 0.15) is 63.2 Å². The molecule has 0 aromatic heterocycles. The summed E-state index contributed by atoms with van der Waals surface area (Å²) in [5.41, 5.74) is 6.46. The number of carbonyl (C=O) groups excluding carboxylic acids is 1. The molecule has 1 amide bonds. The first-order chi connectivity index (χ1) is 13.1. The molecule has 0 bridgehead atoms. The fourth-order valence-corrected chi connectivity index (χ4v) is 3.68. The second-order valence-electron chi connectivity index (χ2n) is 6.81. The van der Waals surface area contributed by atoms with Gasteiger partial charge < -0.3 is 25.3 Å². The highest BCUT2D eigenvalue weighted by atomic mass is 35.5. The van der Waals surface area contributed by atoms with E-state index in [0.717, 1.165) is 12.8 Å². The number of nitrogens with one attached hydrogen (secondary N) is 1. The van der Waals surface area contributed by atoms with Gasteiger partial charge in [0.2, 0.25) is 5.75 Å². The number of nitrogens with two attached hydrogens (primary N) is 1. The molecule has 28 heavy (non-hydrogen) atoms. The van der Waals surface area contributed by atoms with E-state index in [2.05, 4.69) is 5.32 Å². The Bertz CT molecular complexity index is 579. The smallest absolute Gasteiger partial charge is 0.251 e. The maximum atomic E-state index is 12.9. The Morgan fingerprint density at radius 3 is 2.04 bits per heavy atom. The zero-order valence-corrected chi connectivity index (χ0v) is 18.1. The first-order valence-electron chi connectivity index (χ1n) is 10.2. The zero-order valence-electron chi connectivity index (χ0n) is 17.3. The lowest BCUT2D eigenvalue weighted by Crippen LogP contribution is -2.45. The van der Waals surface area contributed by atoms with Crippen LogP contribution >= 0.6 is 12.4 Å². The fourth-order valence-electron chi connectivity index (χ4n) is 3.68. The molecular weight excluding hydrogens is 380 g/mol. The molecule has 3 N–H and O–H groups in total. The summed E-state index contributed by atoms with van der Waals surface area (Å²) >= 11 is 0. The Kier molecular flexibility index (Phi) is 11.1. The van der Waals surface area contributed by atoms with Crippen LogP contribution in [0.25, 0.3) is 0 Å². The second kappa shape index (κ2) is 12.7. The lowest BCUT2D eigenvalue weighted by Gasteiger charge is -2.30. The van der Waals surface area contributed by atoms with Crippen LogP contribution in [0.5, 0.6) is 17.2 Å². The van der Waals surface area contributed by atoms with E-state index in [4.69, 9.17) is 19.9 Å². The third-order valence-corrected chi connectivity index (χ3v) is 4.96. The topological polar surface area (TPSA) is 82.8 Å². The van der Waals surface area contributed by atoms with Gasteiger partial charge in [0, 0.05) is 18.2 Å². The summed E-state index contributed by atoms with van der Waals surface area (Å²) < 4.78 is 17.1. The minimum absolute atomic E-state index is 0. The van der Waals surface area contributed by atoms with Crippen LogP contribution < -0.4 is 25.3 Å². The van der Waals surface area contributed by atoms with Gasteiger partial charge in [0.25, 0.3) is 5.91 Å². The third-order valence-electron chi connectivity index (χ3n) is 4.96. The van der Waals surface area contributed by atoms with Crippen molar-refractivity contribution in [3.05, 3.63) is 17.7 Å². The fraction of sp³-hybridized carbons (Fsp3) is 0.667. The summed E-state index contributed by atoms with van der Waals surface area (Å²) in [6, 6.07) is 3.44. The van der Waals surface area contributed by atoms with Crippen LogP contribution in [0, 0.1) is 5.92 Å². The van der Waals surface area contributed by atoms with Crippen molar-refractivity contribution in [2.24, 2.45) is 11.7 Å². The molecule has 1 fully saturated rings. The van der Waals surface area contributed by atoms with E-state index >= 15 is 0 Å². The van der Waals surface area contributed by atoms with E-state index in [-0.39, 0.29) is 24.4 Å². The van der Waals surface area contributed by atoms with E-state index < -0.39 is 0 Å². The summed E-state index contributed by atoms with van der Waals surface area (Å²) in [6.07, 6.45) is 5.95. The van der Waals surface area contributed by atoms with Crippen LogP contribution in [-0.2, 0) is 0 Å². The van der Waals surface area contributed by atoms with Crippen molar-refractivity contribution in [2.75, 3.05) is 26.4 Å². The summed E-state index contributed by atoms with van der Waals surface area (Å²) in [7, 11) is 0. The summed E-state index contributed by atoms with van der Waals surface area (Å²) in [5.74, 6) is 1.89. The van der Waals surface area contributed by atoms with Crippen molar-refractivity contribution in [3.63, 3.8) is 0 Å². The Balaban J connectivity index is 0.00000392. The van der Waals surface area contributed by atoms with Crippen molar-refractivity contribution in [1.82, 2.24) is 5.32 Å². The standard InChI is InChI=1S/C21H34N2O4.ClH/c1-4-25-18-12-16(13-19(26-5-2)20(18)27-6-3)21(24)23-17(14-22)15-10-8-7-9-11-15;/h12-13,15,17H,4-11,14,22H2,1-3H3,(H,23,24);1H. The van der Waals surface area contributed by atoms with Gasteiger partial charge in [0.05, 0.1) is 19.8 Å². The molecule has 0 spiro atoms. The molecule has 1 saturated carbocycles. The molecule has 1 aliphatic carbocycles. The lowest BCUT2D eigenvalue weighted by molar-refractivity contribution is 0.0914. The van der Waals surface area contributed by atoms with Gasteiger partial charge >= 0.3 is 0 Å². The van der Waals surface area contributed by atoms with Gasteiger partial charge in [-0.25, -0.2) is 0 Å². The van der Waals surface area contributed by atoms with E-state index in [1.807, 2.05) is 20.8 Å². The Hall–Kier alpha value is -1.66. The normalized spacial score (nSPS) is 15.3. The molecule has 1 unspecified atom stereocenters. The Morgan fingerprint density at radius 2 is 1.57 bits per heavy atom. The third kappa shape index (κ3) is 6.45. The highest BCUT2D eigenvalue weighted by Crippen LogP contribution is 2.39. The number of benzene rings is 1. The molecule has 0 saturated heterocycles. The van der Waals surface area contributed by atoms with Gasteiger partial charge in [0.1, 0.15) is 0 Å². The van der Waals surface area contributed by atoms with Crippen LogP contribution in [0.4, 0.5) is 0 Å². The molecule has 7 heteroatoms. The van der Waals surface area contributed by atoms with Crippen LogP contribution in [0.15, 0.2) is 12.1 Å². The molecule has 0 radical (unpaired) electrons. The summed E-state index contributed by atoms with van der Waals surface area (Å²) in [4.78, 5) is 12.9. The maximum absolute atomic E-state index is 12.9.